The fourth-order valence-electron chi connectivity index (χ4n) is 3.01. The monoisotopic (exact) mass is 340 g/mol. The van der Waals surface area contributed by atoms with Crippen molar-refractivity contribution < 1.29 is 18.7 Å². The normalized spacial score (nSPS) is 22.1. The second-order valence-corrected chi connectivity index (χ2v) is 7.67. The zero-order valence-corrected chi connectivity index (χ0v) is 14.6. The largest absolute Gasteiger partial charge is 0.481 e. The molecule has 0 saturated carbocycles. The molecule has 1 aromatic heterocycles. The van der Waals surface area contributed by atoms with Crippen LogP contribution in [0.15, 0.2) is 18.3 Å². The SMILES string of the molecule is CC(C)(C)c1ccc(CN2CCC(CC(=O)O)C(F)(F)CC2)cn1. The second kappa shape index (κ2) is 7.13. The molecular weight excluding hydrogens is 314 g/mol. The van der Waals surface area contributed by atoms with Crippen LogP contribution in [0.5, 0.6) is 0 Å². The van der Waals surface area contributed by atoms with Crippen LogP contribution < -0.4 is 0 Å². The molecule has 2 rings (SSSR count). The molecule has 0 radical (unpaired) electrons. The van der Waals surface area contributed by atoms with Crippen molar-refractivity contribution in [3.8, 4) is 0 Å². The first kappa shape index (κ1) is 18.8. The maximum Gasteiger partial charge on any atom is 0.303 e. The van der Waals surface area contributed by atoms with Gasteiger partial charge in [-0.1, -0.05) is 26.8 Å². The van der Waals surface area contributed by atoms with E-state index in [1.807, 2.05) is 17.0 Å². The summed E-state index contributed by atoms with van der Waals surface area (Å²) in [5.74, 6) is -5.15. The minimum atomic E-state index is -2.92. The first-order valence-corrected chi connectivity index (χ1v) is 8.35. The third-order valence-electron chi connectivity index (χ3n) is 4.57. The van der Waals surface area contributed by atoms with Crippen molar-refractivity contribution in [2.45, 2.75) is 57.9 Å². The van der Waals surface area contributed by atoms with Gasteiger partial charge in [-0.2, -0.15) is 0 Å². The van der Waals surface area contributed by atoms with E-state index in [0.717, 1.165) is 11.3 Å². The van der Waals surface area contributed by atoms with Crippen LogP contribution in [0.4, 0.5) is 8.78 Å². The number of hydrogen-bond acceptors (Lipinski definition) is 3. The highest BCUT2D eigenvalue weighted by molar-refractivity contribution is 5.67. The highest BCUT2D eigenvalue weighted by atomic mass is 19.3. The summed E-state index contributed by atoms with van der Waals surface area (Å²) in [5, 5.41) is 8.83. The van der Waals surface area contributed by atoms with Gasteiger partial charge in [-0.05, 0) is 24.6 Å². The lowest BCUT2D eigenvalue weighted by molar-refractivity contribution is -0.143. The van der Waals surface area contributed by atoms with Gasteiger partial charge >= 0.3 is 5.97 Å². The summed E-state index contributed by atoms with van der Waals surface area (Å²) in [7, 11) is 0. The van der Waals surface area contributed by atoms with E-state index in [1.165, 1.54) is 0 Å². The Morgan fingerprint density at radius 2 is 2.08 bits per heavy atom. The minimum Gasteiger partial charge on any atom is -0.481 e. The Morgan fingerprint density at radius 1 is 1.38 bits per heavy atom. The lowest BCUT2D eigenvalue weighted by Gasteiger charge is -2.22. The number of likely N-dealkylation sites (tertiary alicyclic amines) is 1. The van der Waals surface area contributed by atoms with Crippen LogP contribution in [0.2, 0.25) is 0 Å². The zero-order chi connectivity index (χ0) is 18.0. The molecule has 1 aliphatic rings. The van der Waals surface area contributed by atoms with Crippen molar-refractivity contribution >= 4 is 5.97 Å². The molecule has 1 unspecified atom stereocenters. The highest BCUT2D eigenvalue weighted by Crippen LogP contribution is 2.36. The maximum absolute atomic E-state index is 14.1. The number of rotatable bonds is 4. The topological polar surface area (TPSA) is 53.4 Å². The maximum atomic E-state index is 14.1. The van der Waals surface area contributed by atoms with Crippen LogP contribution >= 0.6 is 0 Å². The van der Waals surface area contributed by atoms with Crippen molar-refractivity contribution in [2.24, 2.45) is 5.92 Å². The summed E-state index contributed by atoms with van der Waals surface area (Å²) >= 11 is 0. The van der Waals surface area contributed by atoms with Gasteiger partial charge in [0, 0.05) is 42.7 Å². The second-order valence-electron chi connectivity index (χ2n) is 7.67. The fourth-order valence-corrected chi connectivity index (χ4v) is 3.01. The van der Waals surface area contributed by atoms with Gasteiger partial charge in [0.05, 0.1) is 6.42 Å². The third-order valence-corrected chi connectivity index (χ3v) is 4.57. The molecule has 0 spiro atoms. The predicted octanol–water partition coefficient (Wildman–Crippen LogP) is 3.70. The van der Waals surface area contributed by atoms with Crippen LogP contribution in [0, 0.1) is 5.92 Å². The number of pyridine rings is 1. The summed E-state index contributed by atoms with van der Waals surface area (Å²) < 4.78 is 28.2. The first-order chi connectivity index (χ1) is 11.1. The van der Waals surface area contributed by atoms with Crippen LogP contribution in [-0.2, 0) is 16.8 Å². The first-order valence-electron chi connectivity index (χ1n) is 8.35. The molecule has 0 aliphatic carbocycles. The Labute approximate surface area is 141 Å². The van der Waals surface area contributed by atoms with Crippen LogP contribution in [-0.4, -0.2) is 40.0 Å². The molecule has 1 N–H and O–H groups in total. The number of carbonyl (C=O) groups is 1. The van der Waals surface area contributed by atoms with Gasteiger partial charge in [0.2, 0.25) is 0 Å². The molecule has 1 aromatic rings. The summed E-state index contributed by atoms with van der Waals surface area (Å²) in [5.41, 5.74) is 1.96. The molecule has 4 nitrogen and oxygen atoms in total. The van der Waals surface area contributed by atoms with E-state index in [4.69, 9.17) is 5.11 Å². The quantitative estimate of drug-likeness (QED) is 0.908. The van der Waals surface area contributed by atoms with Gasteiger partial charge in [-0.3, -0.25) is 14.7 Å². The van der Waals surface area contributed by atoms with Gasteiger partial charge in [0.15, 0.2) is 0 Å². The molecule has 1 fully saturated rings. The lowest BCUT2D eigenvalue weighted by atomic mass is 9.91. The van der Waals surface area contributed by atoms with Crippen LogP contribution in [0.25, 0.3) is 0 Å². The number of aliphatic carboxylic acids is 1. The van der Waals surface area contributed by atoms with E-state index in [2.05, 4.69) is 25.8 Å². The van der Waals surface area contributed by atoms with Crippen molar-refractivity contribution in [1.82, 2.24) is 9.88 Å². The van der Waals surface area contributed by atoms with Gasteiger partial charge in [-0.15, -0.1) is 0 Å². The van der Waals surface area contributed by atoms with Crippen molar-refractivity contribution in [3.05, 3.63) is 29.6 Å². The predicted molar refractivity (Wildman–Crippen MR) is 88.1 cm³/mol. The third kappa shape index (κ3) is 4.97. The van der Waals surface area contributed by atoms with Crippen molar-refractivity contribution in [1.29, 1.82) is 0 Å². The summed E-state index contributed by atoms with van der Waals surface area (Å²) in [4.78, 5) is 17.2. The number of carboxylic acids is 1. The van der Waals surface area contributed by atoms with Crippen molar-refractivity contribution in [3.63, 3.8) is 0 Å². The Hall–Kier alpha value is -1.56. The Bertz CT molecular complexity index is 567. The van der Waals surface area contributed by atoms with Gasteiger partial charge in [0.1, 0.15) is 0 Å². The molecule has 0 bridgehead atoms. The number of hydrogen-bond donors (Lipinski definition) is 1. The zero-order valence-electron chi connectivity index (χ0n) is 14.6. The molecule has 1 saturated heterocycles. The van der Waals surface area contributed by atoms with Crippen molar-refractivity contribution in [2.75, 3.05) is 13.1 Å². The molecule has 0 amide bonds. The van der Waals surface area contributed by atoms with Crippen LogP contribution in [0.3, 0.4) is 0 Å². The molecule has 1 aliphatic heterocycles. The van der Waals surface area contributed by atoms with Gasteiger partial charge < -0.3 is 5.11 Å². The Kier molecular flexibility index (Phi) is 5.58. The van der Waals surface area contributed by atoms with E-state index < -0.39 is 24.2 Å². The number of alkyl halides is 2. The van der Waals surface area contributed by atoms with E-state index in [0.29, 0.717) is 13.1 Å². The Balaban J connectivity index is 2.00. The highest BCUT2D eigenvalue weighted by Gasteiger charge is 2.42. The number of aromatic nitrogens is 1. The lowest BCUT2D eigenvalue weighted by Crippen LogP contribution is -2.30. The standard InChI is InChI=1S/C18H26F2N2O2/c1-17(2,3)15-5-4-13(11-21-15)12-22-8-6-14(10-16(23)24)18(19,20)7-9-22/h4-5,11,14H,6-10,12H2,1-3H3,(H,23,24). The van der Waals surface area contributed by atoms with Gasteiger partial charge in [0.25, 0.3) is 5.92 Å². The molecule has 1 atom stereocenters. The Morgan fingerprint density at radius 3 is 2.62 bits per heavy atom. The van der Waals surface area contributed by atoms with E-state index in [-0.39, 0.29) is 24.8 Å². The molecule has 2 heterocycles. The molecular formula is C18H26F2N2O2. The molecule has 0 aromatic carbocycles. The number of carboxylic acid groups (broad SMARTS) is 1. The number of halogens is 2. The van der Waals surface area contributed by atoms with E-state index in [1.54, 1.807) is 6.20 Å². The van der Waals surface area contributed by atoms with Gasteiger partial charge in [-0.25, -0.2) is 8.78 Å². The van der Waals surface area contributed by atoms with E-state index >= 15 is 0 Å². The van der Waals surface area contributed by atoms with Crippen LogP contribution in [0.1, 0.15) is 51.3 Å². The average molecular weight is 340 g/mol. The summed E-state index contributed by atoms with van der Waals surface area (Å²) in [6.07, 6.45) is 1.24. The minimum absolute atomic E-state index is 0.0206. The molecule has 134 valence electrons. The number of nitrogens with zero attached hydrogens (tertiary/aromatic N) is 2. The summed E-state index contributed by atoms with van der Waals surface area (Å²) in [6, 6.07) is 3.97. The molecule has 6 heteroatoms. The summed E-state index contributed by atoms with van der Waals surface area (Å²) in [6.45, 7) is 7.59. The average Bonchev–Trinajstić information content (AvgIpc) is 2.59. The van der Waals surface area contributed by atoms with E-state index in [9.17, 15) is 13.6 Å². The molecule has 24 heavy (non-hydrogen) atoms. The smallest absolute Gasteiger partial charge is 0.303 e. The fraction of sp³-hybridized carbons (Fsp3) is 0.667.